The van der Waals surface area contributed by atoms with Gasteiger partial charge in [-0.3, -0.25) is 0 Å². The van der Waals surface area contributed by atoms with Gasteiger partial charge in [0.25, 0.3) is 0 Å². The average molecular weight is 361 g/mol. The summed E-state index contributed by atoms with van der Waals surface area (Å²) in [5.41, 5.74) is 7.67. The molecule has 2 N–H and O–H groups in total. The van der Waals surface area contributed by atoms with Crippen LogP contribution in [0.1, 0.15) is 0 Å². The van der Waals surface area contributed by atoms with Gasteiger partial charge in [0.1, 0.15) is 11.5 Å². The quantitative estimate of drug-likeness (QED) is 0.584. The maximum atomic E-state index is 6.05. The van der Waals surface area contributed by atoms with Crippen LogP contribution in [0.2, 0.25) is 0 Å². The lowest BCUT2D eigenvalue weighted by Crippen LogP contribution is -2.00. The van der Waals surface area contributed by atoms with Crippen LogP contribution in [0.5, 0.6) is 0 Å². The molecule has 0 saturated heterocycles. The van der Waals surface area contributed by atoms with Crippen LogP contribution in [0.4, 0.5) is 5.82 Å². The van der Waals surface area contributed by atoms with Crippen molar-refractivity contribution < 1.29 is 4.42 Å². The van der Waals surface area contributed by atoms with E-state index in [1.54, 1.807) is 22.1 Å². The highest BCUT2D eigenvalue weighted by Crippen LogP contribution is 2.29. The van der Waals surface area contributed by atoms with Crippen LogP contribution in [-0.4, -0.2) is 14.8 Å². The minimum absolute atomic E-state index is 0.525. The lowest BCUT2D eigenvalue weighted by molar-refractivity contribution is 0.553. The van der Waals surface area contributed by atoms with Crippen LogP contribution in [0.25, 0.3) is 26.8 Å². The van der Waals surface area contributed by atoms with E-state index < -0.39 is 0 Å². The molecule has 21 heavy (non-hydrogen) atoms. The zero-order valence-corrected chi connectivity index (χ0v) is 13.1. The summed E-state index contributed by atoms with van der Waals surface area (Å²) in [6, 6.07) is 13.4. The van der Waals surface area contributed by atoms with Crippen LogP contribution in [-0.2, 0) is 0 Å². The van der Waals surface area contributed by atoms with E-state index in [9.17, 15) is 0 Å². The fourth-order valence-electron chi connectivity index (χ4n) is 2.07. The van der Waals surface area contributed by atoms with E-state index in [1.165, 1.54) is 0 Å². The van der Waals surface area contributed by atoms with Gasteiger partial charge in [-0.05, 0) is 40.2 Å². The lowest BCUT2D eigenvalue weighted by Gasteiger charge is -1.96. The van der Waals surface area contributed by atoms with E-state index in [0.29, 0.717) is 21.9 Å². The number of nitrogen functional groups attached to an aromatic ring is 1. The van der Waals surface area contributed by atoms with Crippen molar-refractivity contribution >= 4 is 43.3 Å². The van der Waals surface area contributed by atoms with Gasteiger partial charge < -0.3 is 10.2 Å². The third kappa shape index (κ3) is 2.14. The first-order valence-electron chi connectivity index (χ1n) is 6.18. The van der Waals surface area contributed by atoms with Crippen molar-refractivity contribution in [3.8, 4) is 16.6 Å². The highest BCUT2D eigenvalue weighted by atomic mass is 79.9. The third-order valence-electron chi connectivity index (χ3n) is 3.03. The third-order valence-corrected chi connectivity index (χ3v) is 4.46. The maximum Gasteiger partial charge on any atom is 0.213 e. The number of benzene rings is 1. The molecule has 0 aliphatic carbocycles. The standard InChI is InChI=1S/C14H9BrN4OS/c15-12-6-5-10(20-12)9-7-13(16)19(18-9)14-17-8-3-1-2-4-11(8)21-14/h1-7H,16H2. The Balaban J connectivity index is 1.83. The van der Waals surface area contributed by atoms with Crippen molar-refractivity contribution in [1.82, 2.24) is 14.8 Å². The van der Waals surface area contributed by atoms with Gasteiger partial charge in [0.2, 0.25) is 5.13 Å². The van der Waals surface area contributed by atoms with Crippen LogP contribution in [0.15, 0.2) is 51.6 Å². The molecule has 0 aliphatic rings. The largest absolute Gasteiger partial charge is 0.448 e. The molecule has 3 heterocycles. The van der Waals surface area contributed by atoms with Gasteiger partial charge in [0.15, 0.2) is 10.4 Å². The molecule has 4 aromatic rings. The van der Waals surface area contributed by atoms with Crippen molar-refractivity contribution in [1.29, 1.82) is 0 Å². The number of fused-ring (bicyclic) bond motifs is 1. The number of para-hydroxylation sites is 1. The molecule has 0 fully saturated rings. The Bertz CT molecular complexity index is 906. The number of thiazole rings is 1. The Morgan fingerprint density at radius 2 is 2.05 bits per heavy atom. The van der Waals surface area contributed by atoms with E-state index in [2.05, 4.69) is 26.0 Å². The number of hydrogen-bond donors (Lipinski definition) is 1. The Kier molecular flexibility index (Phi) is 2.83. The van der Waals surface area contributed by atoms with E-state index in [4.69, 9.17) is 10.2 Å². The minimum Gasteiger partial charge on any atom is -0.448 e. The molecule has 0 aliphatic heterocycles. The number of rotatable bonds is 2. The second-order valence-corrected chi connectivity index (χ2v) is 6.22. The summed E-state index contributed by atoms with van der Waals surface area (Å²) < 4.78 is 8.90. The van der Waals surface area contributed by atoms with E-state index >= 15 is 0 Å². The fourth-order valence-corrected chi connectivity index (χ4v) is 3.32. The predicted octanol–water partition coefficient (Wildman–Crippen LogP) is 4.09. The highest BCUT2D eigenvalue weighted by molar-refractivity contribution is 9.10. The first kappa shape index (κ1) is 12.6. The van der Waals surface area contributed by atoms with Crippen molar-refractivity contribution in [3.05, 3.63) is 47.1 Å². The molecule has 1 aromatic carbocycles. The summed E-state index contributed by atoms with van der Waals surface area (Å²) in [5.74, 6) is 1.19. The second kappa shape index (κ2) is 4.71. The Morgan fingerprint density at radius 3 is 2.81 bits per heavy atom. The van der Waals surface area contributed by atoms with Crippen molar-refractivity contribution in [3.63, 3.8) is 0 Å². The van der Waals surface area contributed by atoms with Crippen molar-refractivity contribution in [2.75, 3.05) is 5.73 Å². The van der Waals surface area contributed by atoms with Crippen LogP contribution < -0.4 is 5.73 Å². The number of anilines is 1. The fraction of sp³-hybridized carbons (Fsp3) is 0. The van der Waals surface area contributed by atoms with Gasteiger partial charge in [-0.1, -0.05) is 23.5 Å². The van der Waals surface area contributed by atoms with Gasteiger partial charge in [0, 0.05) is 6.07 Å². The van der Waals surface area contributed by atoms with Crippen LogP contribution >= 0.6 is 27.3 Å². The second-order valence-electron chi connectivity index (χ2n) is 4.43. The zero-order valence-electron chi connectivity index (χ0n) is 10.7. The number of nitrogens with zero attached hydrogens (tertiary/aromatic N) is 3. The molecule has 4 rings (SSSR count). The summed E-state index contributed by atoms with van der Waals surface area (Å²) in [6.45, 7) is 0. The normalized spacial score (nSPS) is 11.3. The molecule has 5 nitrogen and oxygen atoms in total. The Hall–Kier alpha value is -2.12. The SMILES string of the molecule is Nc1cc(-c2ccc(Br)o2)nn1-c1nc2ccccc2s1. The summed E-state index contributed by atoms with van der Waals surface area (Å²) >= 11 is 4.83. The monoisotopic (exact) mass is 360 g/mol. The minimum atomic E-state index is 0.525. The topological polar surface area (TPSA) is 69.9 Å². The molecule has 0 atom stereocenters. The molecule has 104 valence electrons. The van der Waals surface area contributed by atoms with Gasteiger partial charge in [-0.25, -0.2) is 4.98 Å². The summed E-state index contributed by atoms with van der Waals surface area (Å²) in [5, 5.41) is 5.23. The molecule has 7 heteroatoms. The summed E-state index contributed by atoms with van der Waals surface area (Å²) in [7, 11) is 0. The number of halogens is 1. The number of hydrogen-bond acceptors (Lipinski definition) is 5. The average Bonchev–Trinajstić information content (AvgIpc) is 3.15. The molecular weight excluding hydrogens is 352 g/mol. The van der Waals surface area contributed by atoms with Crippen molar-refractivity contribution in [2.45, 2.75) is 0 Å². The molecular formula is C14H9BrN4OS. The maximum absolute atomic E-state index is 6.05. The van der Waals surface area contributed by atoms with Crippen LogP contribution in [0.3, 0.4) is 0 Å². The molecule has 0 bridgehead atoms. The number of furan rings is 1. The van der Waals surface area contributed by atoms with Gasteiger partial charge in [0.05, 0.1) is 10.2 Å². The van der Waals surface area contributed by atoms with E-state index in [0.717, 1.165) is 15.3 Å². The Labute approximate surface area is 132 Å². The first-order chi connectivity index (χ1) is 10.2. The number of nitrogens with two attached hydrogens (primary N) is 1. The molecule has 0 saturated carbocycles. The van der Waals surface area contributed by atoms with Crippen LogP contribution in [0, 0.1) is 0 Å². The van der Waals surface area contributed by atoms with Gasteiger partial charge in [-0.2, -0.15) is 9.78 Å². The Morgan fingerprint density at radius 1 is 1.19 bits per heavy atom. The molecule has 0 radical (unpaired) electrons. The molecule has 3 aromatic heterocycles. The zero-order chi connectivity index (χ0) is 14.4. The van der Waals surface area contributed by atoms with Gasteiger partial charge >= 0.3 is 0 Å². The molecule has 0 amide bonds. The van der Waals surface area contributed by atoms with E-state index in [-0.39, 0.29) is 0 Å². The van der Waals surface area contributed by atoms with E-state index in [1.807, 2.05) is 36.4 Å². The lowest BCUT2D eigenvalue weighted by atomic mass is 10.3. The summed E-state index contributed by atoms with van der Waals surface area (Å²) in [6.07, 6.45) is 0. The summed E-state index contributed by atoms with van der Waals surface area (Å²) in [4.78, 5) is 4.56. The molecule has 0 spiro atoms. The predicted molar refractivity (Wildman–Crippen MR) is 86.6 cm³/mol. The highest BCUT2D eigenvalue weighted by Gasteiger charge is 2.14. The number of aromatic nitrogens is 3. The first-order valence-corrected chi connectivity index (χ1v) is 7.79. The smallest absolute Gasteiger partial charge is 0.213 e. The van der Waals surface area contributed by atoms with Crippen molar-refractivity contribution in [2.24, 2.45) is 0 Å². The van der Waals surface area contributed by atoms with Gasteiger partial charge in [-0.15, -0.1) is 0 Å². The molecule has 0 unspecified atom stereocenters.